The first kappa shape index (κ1) is 30.3. The molecule has 4 aromatic rings. The summed E-state index contributed by atoms with van der Waals surface area (Å²) in [4.78, 5) is 31.6. The van der Waals surface area contributed by atoms with Crippen molar-refractivity contribution in [2.75, 3.05) is 13.1 Å². The maximum atomic E-state index is 14.1. The van der Waals surface area contributed by atoms with Crippen LogP contribution in [0, 0.1) is 5.82 Å². The zero-order chi connectivity index (χ0) is 30.0. The zero-order valence-corrected chi connectivity index (χ0v) is 25.1. The van der Waals surface area contributed by atoms with Crippen molar-refractivity contribution in [2.45, 2.75) is 71.0 Å². The number of benzene rings is 3. The Balaban J connectivity index is 1.34. The van der Waals surface area contributed by atoms with Gasteiger partial charge < -0.3 is 14.4 Å². The van der Waals surface area contributed by atoms with Gasteiger partial charge in [0.25, 0.3) is 5.91 Å². The van der Waals surface area contributed by atoms with Crippen molar-refractivity contribution in [2.24, 2.45) is 0 Å². The van der Waals surface area contributed by atoms with Crippen molar-refractivity contribution < 1.29 is 14.0 Å². The number of amides is 2. The van der Waals surface area contributed by atoms with Crippen LogP contribution in [0.25, 0.3) is 11.1 Å². The number of aromatic nitrogens is 1. The predicted octanol–water partition coefficient (Wildman–Crippen LogP) is 7.95. The molecule has 1 heterocycles. The number of hydrogen-bond donors (Lipinski definition) is 0. The smallest absolute Gasteiger partial charge is 0.254 e. The Kier molecular flexibility index (Phi) is 10.4. The topological polar surface area (TPSA) is 45.6 Å². The summed E-state index contributed by atoms with van der Waals surface area (Å²) in [6, 6.07) is 28.6. The normalized spacial score (nSPS) is 13.5. The van der Waals surface area contributed by atoms with Gasteiger partial charge in [-0.05, 0) is 72.4 Å². The van der Waals surface area contributed by atoms with E-state index in [1.54, 1.807) is 17.0 Å². The summed E-state index contributed by atoms with van der Waals surface area (Å²) in [7, 11) is 0. The van der Waals surface area contributed by atoms with E-state index in [4.69, 9.17) is 0 Å². The number of rotatable bonds is 12. The first-order valence-corrected chi connectivity index (χ1v) is 15.6. The molecule has 5 nitrogen and oxygen atoms in total. The number of carbonyl (C=O) groups is 2. The van der Waals surface area contributed by atoms with Crippen molar-refractivity contribution in [3.63, 3.8) is 0 Å². The number of hydrogen-bond acceptors (Lipinski definition) is 2. The van der Waals surface area contributed by atoms with Crippen LogP contribution in [0.5, 0.6) is 0 Å². The Bertz CT molecular complexity index is 1460. The van der Waals surface area contributed by atoms with E-state index in [-0.39, 0.29) is 30.2 Å². The average Bonchev–Trinajstić information content (AvgIpc) is 3.49. The van der Waals surface area contributed by atoms with Crippen LogP contribution in [0.3, 0.4) is 0 Å². The van der Waals surface area contributed by atoms with Crippen LogP contribution in [0.2, 0.25) is 0 Å². The third kappa shape index (κ3) is 8.01. The van der Waals surface area contributed by atoms with Gasteiger partial charge in [-0.2, -0.15) is 0 Å². The van der Waals surface area contributed by atoms with Gasteiger partial charge in [0.1, 0.15) is 12.4 Å². The molecule has 1 aromatic heterocycles. The molecule has 0 unspecified atom stereocenters. The van der Waals surface area contributed by atoms with Crippen molar-refractivity contribution in [3.8, 4) is 11.1 Å². The molecule has 0 atom stereocenters. The minimum Gasteiger partial charge on any atom is -0.345 e. The molecule has 1 aliphatic carbocycles. The second-order valence-electron chi connectivity index (χ2n) is 11.6. The number of unbranched alkanes of at least 4 members (excludes halogenated alkanes) is 1. The van der Waals surface area contributed by atoms with Gasteiger partial charge in [-0.3, -0.25) is 9.59 Å². The molecule has 0 spiro atoms. The fourth-order valence-electron chi connectivity index (χ4n) is 6.00. The fraction of sp³-hybridized carbons (Fsp3) is 0.351. The van der Waals surface area contributed by atoms with Gasteiger partial charge in [0.05, 0.1) is 6.54 Å². The van der Waals surface area contributed by atoms with E-state index < -0.39 is 0 Å². The van der Waals surface area contributed by atoms with Gasteiger partial charge in [0.15, 0.2) is 0 Å². The van der Waals surface area contributed by atoms with E-state index in [9.17, 15) is 14.0 Å². The first-order chi connectivity index (χ1) is 21.0. The van der Waals surface area contributed by atoms with E-state index in [1.807, 2.05) is 59.6 Å². The third-order valence-corrected chi connectivity index (χ3v) is 8.49. The van der Waals surface area contributed by atoms with Crippen molar-refractivity contribution in [1.29, 1.82) is 0 Å². The van der Waals surface area contributed by atoms with Crippen molar-refractivity contribution in [1.82, 2.24) is 14.4 Å². The van der Waals surface area contributed by atoms with Crippen LogP contribution in [-0.2, 0) is 17.9 Å². The molecule has 0 N–H and O–H groups in total. The Morgan fingerprint density at radius 1 is 0.837 bits per heavy atom. The van der Waals surface area contributed by atoms with Gasteiger partial charge in [0.2, 0.25) is 5.91 Å². The van der Waals surface area contributed by atoms with Gasteiger partial charge in [-0.25, -0.2) is 4.39 Å². The largest absolute Gasteiger partial charge is 0.345 e. The summed E-state index contributed by atoms with van der Waals surface area (Å²) in [5, 5.41) is 0. The van der Waals surface area contributed by atoms with Crippen LogP contribution in [-0.4, -0.2) is 45.3 Å². The monoisotopic (exact) mass is 579 g/mol. The maximum absolute atomic E-state index is 14.1. The molecule has 0 saturated heterocycles. The van der Waals surface area contributed by atoms with E-state index in [0.29, 0.717) is 25.2 Å². The SMILES string of the molecule is CCCCN(CC(=O)N(Cc1cccn1Cc1ccc(F)cc1)C1CCCCC1)C(=O)c1ccc(-c2ccccc2)cc1. The lowest BCUT2D eigenvalue weighted by molar-refractivity contribution is -0.135. The van der Waals surface area contributed by atoms with Crippen LogP contribution < -0.4 is 0 Å². The third-order valence-electron chi connectivity index (χ3n) is 8.49. The van der Waals surface area contributed by atoms with Crippen LogP contribution in [0.15, 0.2) is 97.2 Å². The lowest BCUT2D eigenvalue weighted by atomic mass is 9.94. The highest BCUT2D eigenvalue weighted by Gasteiger charge is 2.29. The molecule has 43 heavy (non-hydrogen) atoms. The Labute approximate surface area is 254 Å². The fourth-order valence-corrected chi connectivity index (χ4v) is 6.00. The lowest BCUT2D eigenvalue weighted by Gasteiger charge is -2.36. The van der Waals surface area contributed by atoms with Crippen LogP contribution in [0.4, 0.5) is 4.39 Å². The summed E-state index contributed by atoms with van der Waals surface area (Å²) >= 11 is 0. The molecular formula is C37H42FN3O2. The molecule has 1 aliphatic rings. The number of halogens is 1. The summed E-state index contributed by atoms with van der Waals surface area (Å²) in [5.41, 5.74) is 4.79. The second-order valence-corrected chi connectivity index (χ2v) is 11.6. The van der Waals surface area contributed by atoms with Crippen molar-refractivity contribution in [3.05, 3.63) is 120 Å². The molecule has 1 saturated carbocycles. The van der Waals surface area contributed by atoms with Gasteiger partial charge in [0, 0.05) is 36.6 Å². The summed E-state index contributed by atoms with van der Waals surface area (Å²) in [6.07, 6.45) is 9.16. The molecule has 5 rings (SSSR count). The summed E-state index contributed by atoms with van der Waals surface area (Å²) in [6.45, 7) is 3.80. The lowest BCUT2D eigenvalue weighted by Crippen LogP contribution is -2.47. The van der Waals surface area contributed by atoms with E-state index in [0.717, 1.165) is 60.9 Å². The minimum absolute atomic E-state index is 0.00760. The number of carbonyl (C=O) groups excluding carboxylic acids is 2. The van der Waals surface area contributed by atoms with Crippen LogP contribution >= 0.6 is 0 Å². The van der Waals surface area contributed by atoms with E-state index in [2.05, 4.69) is 29.7 Å². The average molecular weight is 580 g/mol. The first-order valence-electron chi connectivity index (χ1n) is 15.6. The second kappa shape index (κ2) is 14.8. The Hall–Kier alpha value is -4.19. The van der Waals surface area contributed by atoms with Crippen LogP contribution in [0.1, 0.15) is 73.5 Å². The molecule has 224 valence electrons. The molecule has 1 fully saturated rings. The summed E-state index contributed by atoms with van der Waals surface area (Å²) in [5.74, 6) is -0.364. The van der Waals surface area contributed by atoms with Crippen molar-refractivity contribution >= 4 is 11.8 Å². The molecule has 0 bridgehead atoms. The molecular weight excluding hydrogens is 537 g/mol. The predicted molar refractivity (Wildman–Crippen MR) is 170 cm³/mol. The quantitative estimate of drug-likeness (QED) is 0.171. The minimum atomic E-state index is -0.250. The molecule has 3 aromatic carbocycles. The highest BCUT2D eigenvalue weighted by atomic mass is 19.1. The zero-order valence-electron chi connectivity index (χ0n) is 25.1. The molecule has 2 amide bonds. The highest BCUT2D eigenvalue weighted by molar-refractivity contribution is 5.97. The molecule has 0 aliphatic heterocycles. The van der Waals surface area contributed by atoms with Gasteiger partial charge in [-0.15, -0.1) is 0 Å². The highest BCUT2D eigenvalue weighted by Crippen LogP contribution is 2.26. The standard InChI is InChI=1S/C37H42FN3O2/c1-2-3-24-40(37(43)32-20-18-31(19-21-32)30-11-6-4-7-12-30)28-36(42)41(34-13-8-5-9-14-34)27-35-15-10-25-39(35)26-29-16-22-33(38)23-17-29/h4,6-7,10-12,15-23,25,34H,2-3,5,8-9,13-14,24,26-28H2,1H3. The maximum Gasteiger partial charge on any atom is 0.254 e. The van der Waals surface area contributed by atoms with E-state index >= 15 is 0 Å². The summed E-state index contributed by atoms with van der Waals surface area (Å²) < 4.78 is 15.6. The number of nitrogens with zero attached hydrogens (tertiary/aromatic N) is 3. The Morgan fingerprint density at radius 2 is 1.53 bits per heavy atom. The van der Waals surface area contributed by atoms with E-state index in [1.165, 1.54) is 18.6 Å². The molecule has 6 heteroatoms. The van der Waals surface area contributed by atoms with Gasteiger partial charge >= 0.3 is 0 Å². The Morgan fingerprint density at radius 3 is 2.23 bits per heavy atom. The van der Waals surface area contributed by atoms with Gasteiger partial charge in [-0.1, -0.05) is 87.2 Å². The molecule has 0 radical (unpaired) electrons.